The second kappa shape index (κ2) is 7.56. The van der Waals surface area contributed by atoms with Crippen LogP contribution in [0.1, 0.15) is 44.3 Å². The van der Waals surface area contributed by atoms with Crippen molar-refractivity contribution in [2.75, 3.05) is 18.0 Å². The number of nitrogens with zero attached hydrogens (tertiary/aromatic N) is 5. The molecule has 27 heavy (non-hydrogen) atoms. The van der Waals surface area contributed by atoms with Crippen LogP contribution in [-0.2, 0) is 5.75 Å². The molecule has 0 atom stereocenters. The lowest BCUT2D eigenvalue weighted by molar-refractivity contribution is 0.429. The first kappa shape index (κ1) is 17.7. The molecule has 8 heteroatoms. The molecule has 3 aromatic heterocycles. The molecule has 5 nitrogen and oxygen atoms in total. The van der Waals surface area contributed by atoms with Crippen molar-refractivity contribution >= 4 is 40.4 Å². The van der Waals surface area contributed by atoms with Gasteiger partial charge in [-0.2, -0.15) is 11.3 Å². The van der Waals surface area contributed by atoms with Crippen LogP contribution < -0.4 is 4.90 Å². The summed E-state index contributed by atoms with van der Waals surface area (Å²) in [5.41, 5.74) is 2.36. The Balaban J connectivity index is 1.31. The van der Waals surface area contributed by atoms with Gasteiger partial charge in [-0.1, -0.05) is 18.7 Å². The average Bonchev–Trinajstić information content (AvgIpc) is 3.09. The summed E-state index contributed by atoms with van der Waals surface area (Å²) in [5, 5.41) is 17.7. The highest BCUT2D eigenvalue weighted by Gasteiger charge is 2.32. The Kier molecular flexibility index (Phi) is 4.96. The number of hydrogen-bond donors (Lipinski definition) is 0. The molecular formula is C19H23N5S3. The highest BCUT2D eigenvalue weighted by Crippen LogP contribution is 2.42. The van der Waals surface area contributed by atoms with Crippen LogP contribution in [0.3, 0.4) is 0 Å². The van der Waals surface area contributed by atoms with Crippen LogP contribution in [0, 0.1) is 5.92 Å². The second-order valence-corrected chi connectivity index (χ2v) is 10.1. The maximum Gasteiger partial charge on any atom is 0.228 e. The smallest absolute Gasteiger partial charge is 0.228 e. The third kappa shape index (κ3) is 3.79. The minimum absolute atomic E-state index is 0.591. The van der Waals surface area contributed by atoms with Crippen molar-refractivity contribution in [3.8, 4) is 10.6 Å². The molecule has 1 aliphatic carbocycles. The molecule has 1 saturated carbocycles. The molecular weight excluding hydrogens is 394 g/mol. The summed E-state index contributed by atoms with van der Waals surface area (Å²) in [7, 11) is 0. The van der Waals surface area contributed by atoms with E-state index < -0.39 is 0 Å². The molecule has 5 rings (SSSR count). The van der Waals surface area contributed by atoms with Gasteiger partial charge in [0.05, 0.1) is 5.69 Å². The summed E-state index contributed by atoms with van der Waals surface area (Å²) in [4.78, 5) is 7.24. The van der Waals surface area contributed by atoms with E-state index in [1.807, 2.05) is 0 Å². The van der Waals surface area contributed by atoms with Crippen LogP contribution in [-0.4, -0.2) is 32.8 Å². The average molecular weight is 418 g/mol. The zero-order valence-corrected chi connectivity index (χ0v) is 17.8. The normalized spacial score (nSPS) is 18.3. The molecule has 0 N–H and O–H groups in total. The molecule has 0 radical (unpaired) electrons. The molecule has 1 saturated heterocycles. The zero-order chi connectivity index (χ0) is 18.2. The van der Waals surface area contributed by atoms with Gasteiger partial charge >= 0.3 is 0 Å². The molecule has 0 aromatic carbocycles. The maximum absolute atomic E-state index is 4.80. The van der Waals surface area contributed by atoms with E-state index in [9.17, 15) is 0 Å². The van der Waals surface area contributed by atoms with E-state index in [2.05, 4.69) is 48.8 Å². The number of hydrogen-bond acceptors (Lipinski definition) is 7. The van der Waals surface area contributed by atoms with Crippen molar-refractivity contribution < 1.29 is 0 Å². The van der Waals surface area contributed by atoms with Crippen molar-refractivity contribution in [1.29, 1.82) is 0 Å². The van der Waals surface area contributed by atoms with E-state index in [1.165, 1.54) is 31.2 Å². The quantitative estimate of drug-likeness (QED) is 0.508. The van der Waals surface area contributed by atoms with E-state index in [0.717, 1.165) is 46.6 Å². The fourth-order valence-corrected chi connectivity index (χ4v) is 6.01. The first-order valence-corrected chi connectivity index (χ1v) is 12.4. The van der Waals surface area contributed by atoms with Gasteiger partial charge in [0.2, 0.25) is 5.95 Å². The standard InChI is InChI=1S/C19H23N5S3/c1-13-4-7-23(8-5-13)18-21-22-19(24(18)16-2-3-16)27-12-15-11-26-17(20-15)14-6-9-25-10-14/h6,9-11,13,16H,2-5,7-8,12H2,1H3. The third-order valence-corrected chi connectivity index (χ3v) is 7.89. The van der Waals surface area contributed by atoms with Gasteiger partial charge in [0.15, 0.2) is 5.16 Å². The Morgan fingerprint density at radius 2 is 2.00 bits per heavy atom. The molecule has 0 bridgehead atoms. The van der Waals surface area contributed by atoms with Crippen molar-refractivity contribution in [2.45, 2.75) is 49.6 Å². The number of rotatable bonds is 6. The third-order valence-electron chi connectivity index (χ3n) is 5.29. The number of thiophene rings is 1. The Morgan fingerprint density at radius 1 is 1.15 bits per heavy atom. The summed E-state index contributed by atoms with van der Waals surface area (Å²) >= 11 is 5.22. The molecule has 1 aliphatic heterocycles. The van der Waals surface area contributed by atoms with Crippen molar-refractivity contribution in [1.82, 2.24) is 19.7 Å². The van der Waals surface area contributed by atoms with Crippen LogP contribution in [0.15, 0.2) is 27.4 Å². The van der Waals surface area contributed by atoms with Crippen molar-refractivity contribution in [3.63, 3.8) is 0 Å². The number of piperidine rings is 1. The molecule has 2 aliphatic rings. The van der Waals surface area contributed by atoms with E-state index in [-0.39, 0.29) is 0 Å². The SMILES string of the molecule is CC1CCN(c2nnc(SCc3csc(-c4ccsc4)n3)n2C2CC2)CC1. The summed E-state index contributed by atoms with van der Waals surface area (Å²) in [6.45, 7) is 4.56. The van der Waals surface area contributed by atoms with Crippen LogP contribution >= 0.6 is 34.4 Å². The molecule has 0 unspecified atom stereocenters. The van der Waals surface area contributed by atoms with Crippen LogP contribution in [0.25, 0.3) is 10.6 Å². The number of thiazole rings is 1. The lowest BCUT2D eigenvalue weighted by Gasteiger charge is -2.31. The summed E-state index contributed by atoms with van der Waals surface area (Å²) in [5.74, 6) is 2.77. The van der Waals surface area contributed by atoms with Gasteiger partial charge in [-0.3, -0.25) is 4.57 Å². The molecule has 4 heterocycles. The minimum Gasteiger partial charge on any atom is -0.341 e. The van der Waals surface area contributed by atoms with Crippen LogP contribution in [0.5, 0.6) is 0 Å². The zero-order valence-electron chi connectivity index (χ0n) is 15.4. The van der Waals surface area contributed by atoms with Gasteiger partial charge in [0.25, 0.3) is 0 Å². The topological polar surface area (TPSA) is 46.8 Å². The van der Waals surface area contributed by atoms with Gasteiger partial charge in [-0.15, -0.1) is 21.5 Å². The number of anilines is 1. The summed E-state index contributed by atoms with van der Waals surface area (Å²) in [6.07, 6.45) is 5.01. The number of thioether (sulfide) groups is 1. The van der Waals surface area contributed by atoms with E-state index in [4.69, 9.17) is 4.98 Å². The lowest BCUT2D eigenvalue weighted by atomic mass is 10.00. The summed E-state index contributed by atoms with van der Waals surface area (Å²) in [6, 6.07) is 2.73. The van der Waals surface area contributed by atoms with Crippen LogP contribution in [0.2, 0.25) is 0 Å². The largest absolute Gasteiger partial charge is 0.341 e. The Hall–Kier alpha value is -1.38. The predicted molar refractivity (Wildman–Crippen MR) is 114 cm³/mol. The second-order valence-electron chi connectivity index (χ2n) is 7.50. The van der Waals surface area contributed by atoms with Crippen molar-refractivity contribution in [2.24, 2.45) is 5.92 Å². The first-order valence-electron chi connectivity index (χ1n) is 9.57. The van der Waals surface area contributed by atoms with Gasteiger partial charge in [-0.05, 0) is 43.0 Å². The molecule has 2 fully saturated rings. The minimum atomic E-state index is 0.591. The highest BCUT2D eigenvalue weighted by atomic mass is 32.2. The fraction of sp³-hybridized carbons (Fsp3) is 0.526. The van der Waals surface area contributed by atoms with E-state index >= 15 is 0 Å². The molecule has 0 amide bonds. The summed E-state index contributed by atoms with van der Waals surface area (Å²) < 4.78 is 2.40. The maximum atomic E-state index is 4.80. The van der Waals surface area contributed by atoms with Crippen LogP contribution in [0.4, 0.5) is 5.95 Å². The van der Waals surface area contributed by atoms with Crippen molar-refractivity contribution in [3.05, 3.63) is 27.9 Å². The molecule has 3 aromatic rings. The molecule has 0 spiro atoms. The Bertz CT molecular complexity index is 888. The highest BCUT2D eigenvalue weighted by molar-refractivity contribution is 7.98. The fourth-order valence-electron chi connectivity index (χ4n) is 3.47. The predicted octanol–water partition coefficient (Wildman–Crippen LogP) is 5.33. The lowest BCUT2D eigenvalue weighted by Crippen LogP contribution is -2.34. The first-order chi connectivity index (χ1) is 13.3. The Labute approximate surface area is 171 Å². The van der Waals surface area contributed by atoms with Gasteiger partial charge in [0.1, 0.15) is 5.01 Å². The van der Waals surface area contributed by atoms with E-state index in [0.29, 0.717) is 6.04 Å². The Morgan fingerprint density at radius 3 is 2.74 bits per heavy atom. The van der Waals surface area contributed by atoms with E-state index in [1.54, 1.807) is 34.4 Å². The van der Waals surface area contributed by atoms with Gasteiger partial charge in [0, 0.05) is 41.2 Å². The van der Waals surface area contributed by atoms with Gasteiger partial charge < -0.3 is 4.90 Å². The number of aromatic nitrogens is 4. The monoisotopic (exact) mass is 417 g/mol. The molecule has 142 valence electrons. The van der Waals surface area contributed by atoms with Gasteiger partial charge in [-0.25, -0.2) is 4.98 Å².